The number of ether oxygens (including phenoxy) is 18. The lowest BCUT2D eigenvalue weighted by atomic mass is 9.46. The predicted octanol–water partition coefficient (Wildman–Crippen LogP) is 4.89. The summed E-state index contributed by atoms with van der Waals surface area (Å²) in [6.45, 7) is 20.8. The van der Waals surface area contributed by atoms with E-state index in [1.807, 2.05) is 0 Å². The van der Waals surface area contributed by atoms with Crippen molar-refractivity contribution in [1.29, 1.82) is 0 Å². The molecule has 0 aromatic heterocycles. The summed E-state index contributed by atoms with van der Waals surface area (Å²) in [6, 6.07) is 0. The molecule has 0 aromatic carbocycles. The maximum absolute atomic E-state index is 13.6. The van der Waals surface area contributed by atoms with Crippen molar-refractivity contribution < 1.29 is 133 Å². The lowest BCUT2D eigenvalue weighted by molar-refractivity contribution is -0.388. The highest BCUT2D eigenvalue weighted by atomic mass is 16.8. The quantitative estimate of drug-likeness (QED) is 0.100. The van der Waals surface area contributed by atoms with Gasteiger partial charge in [-0.3, -0.25) is 47.9 Å². The molecule has 28 heteroatoms. The monoisotopic (exact) mass is 1320 g/mol. The Morgan fingerprint density at radius 1 is 0.495 bits per heavy atom. The molecule has 0 N–H and O–H groups in total. The molecule has 5 aliphatic heterocycles. The lowest BCUT2D eigenvalue weighted by Crippen LogP contribution is -2.68. The van der Waals surface area contributed by atoms with E-state index >= 15 is 0 Å². The van der Waals surface area contributed by atoms with Gasteiger partial charge in [0.1, 0.15) is 37.6 Å². The predicted molar refractivity (Wildman–Crippen MR) is 311 cm³/mol. The Bertz CT molecular complexity index is 2850. The van der Waals surface area contributed by atoms with Crippen molar-refractivity contribution in [2.75, 3.05) is 19.8 Å². The van der Waals surface area contributed by atoms with Gasteiger partial charge in [-0.2, -0.15) is 0 Å². The Hall–Kier alpha value is -5.88. The molecule has 27 atom stereocenters. The molecule has 0 unspecified atom stereocenters. The number of rotatable bonds is 18. The van der Waals surface area contributed by atoms with E-state index in [0.29, 0.717) is 18.9 Å². The third kappa shape index (κ3) is 15.2. The van der Waals surface area contributed by atoms with E-state index in [-0.39, 0.29) is 47.5 Å². The van der Waals surface area contributed by atoms with Crippen LogP contribution in [0.3, 0.4) is 0 Å². The first-order valence-electron chi connectivity index (χ1n) is 32.3. The molecule has 9 rings (SSSR count). The number of carbonyl (C=O) groups excluding carboxylic acids is 10. The van der Waals surface area contributed by atoms with Crippen molar-refractivity contribution in [3.8, 4) is 0 Å². The molecular weight excluding hydrogens is 1230 g/mol. The average Bonchev–Trinajstić information content (AvgIpc) is 1.59. The second-order valence-corrected chi connectivity index (χ2v) is 27.1. The first-order valence-corrected chi connectivity index (χ1v) is 32.3. The van der Waals surface area contributed by atoms with E-state index in [2.05, 4.69) is 33.8 Å². The van der Waals surface area contributed by atoms with Crippen LogP contribution in [0.2, 0.25) is 0 Å². The zero-order valence-corrected chi connectivity index (χ0v) is 55.6. The van der Waals surface area contributed by atoms with Crippen LogP contribution >= 0.6 is 0 Å². The minimum absolute atomic E-state index is 0.0138. The van der Waals surface area contributed by atoms with Gasteiger partial charge in [0.2, 0.25) is 0 Å². The van der Waals surface area contributed by atoms with Gasteiger partial charge in [-0.15, -0.1) is 0 Å². The summed E-state index contributed by atoms with van der Waals surface area (Å²) >= 11 is 0. The van der Waals surface area contributed by atoms with Crippen LogP contribution in [-0.2, 0) is 133 Å². The average molecular weight is 1320 g/mol. The maximum Gasteiger partial charge on any atom is 0.303 e. The van der Waals surface area contributed by atoms with Crippen molar-refractivity contribution in [3.05, 3.63) is 11.6 Å². The SMILES string of the molecule is CC(=O)OC[C@H]1O[C@@H](O[C@@H]2[C@@H](OC(C)=O)[C@H](C)O[C@@H](O[C@H]3[C@H](O[C@@H]4C[C@H](OC(C)=O)CC5=CC[C@H]6[C@@H]7C[C@@H]8O[C@]9(CC[C@H](C)CO9)[C@@H](C)[C@@H]8[C@@]7(C)CC[C@@H]6[C@]54C)O[C@H](COC(C)=O)[C@@H](OC(C)=O)[C@@H]3OC(C)=O)[C@@H]2OC(C)=O)[C@H](OC(C)=O)[C@@H](OC(C)=O)[C@@H]1OC(C)=O. The highest BCUT2D eigenvalue weighted by Crippen LogP contribution is 2.71. The number of allylic oxidation sites excluding steroid dienone is 1. The minimum Gasteiger partial charge on any atom is -0.463 e. The first-order chi connectivity index (χ1) is 43.7. The van der Waals surface area contributed by atoms with Crippen molar-refractivity contribution in [2.45, 2.75) is 271 Å². The van der Waals surface area contributed by atoms with Gasteiger partial charge in [-0.25, -0.2) is 0 Å². The number of fused-ring (bicyclic) bond motifs is 7. The molecule has 3 saturated carbocycles. The van der Waals surface area contributed by atoms with Gasteiger partial charge in [-0.1, -0.05) is 39.3 Å². The zero-order chi connectivity index (χ0) is 67.9. The number of hydrogen-bond donors (Lipinski definition) is 0. The van der Waals surface area contributed by atoms with Crippen molar-refractivity contribution in [3.63, 3.8) is 0 Å². The molecule has 5 heterocycles. The number of esters is 10. The van der Waals surface area contributed by atoms with E-state index in [9.17, 15) is 47.9 Å². The molecule has 0 radical (unpaired) electrons. The molecule has 28 nitrogen and oxygen atoms in total. The Morgan fingerprint density at radius 2 is 0.968 bits per heavy atom. The van der Waals surface area contributed by atoms with E-state index < -0.39 is 188 Å². The number of hydrogen-bond acceptors (Lipinski definition) is 28. The molecule has 5 saturated heterocycles. The normalized spacial score (nSPS) is 42.4. The number of carbonyl (C=O) groups is 10. The van der Waals surface area contributed by atoms with Gasteiger partial charge >= 0.3 is 59.7 Å². The topological polar surface area (TPSA) is 337 Å². The van der Waals surface area contributed by atoms with Crippen molar-refractivity contribution in [1.82, 2.24) is 0 Å². The Balaban J connectivity index is 1.13. The Kier molecular flexibility index (Phi) is 22.1. The highest BCUT2D eigenvalue weighted by molar-refractivity contribution is 5.70. The van der Waals surface area contributed by atoms with Gasteiger partial charge in [0.05, 0.1) is 24.9 Å². The van der Waals surface area contributed by atoms with Gasteiger partial charge in [-0.05, 0) is 74.0 Å². The third-order valence-electron chi connectivity index (χ3n) is 20.5. The standard InChI is InChI=1S/C65H92O28/c1-28-18-21-65(78-25-28)29(2)50-46(93-65)24-45-43-17-16-41-22-42(80-33(6)68)23-49(64(41,15)44(43)19-20-63(45,50)14)90-61-59(56(85-38(11)73)53(83-36(9)71)47(88-61)26-76-31(4)66)92-60-57(86-39(12)74)54(51(30(3)79-60)81-34(7)69)91-62-58(87-40(13)75)55(84-37(10)72)52(82-35(8)70)48(89-62)27-77-32(5)67/h16,28-30,42-62H,17-27H2,1-15H3/t28-,29-,30-,42+,43+,44-,45-,46-,47+,48+,49+,50-,51-,52+,53+,54+,55-,56-,57+,58+,59+,60-,61-,62-,63-,64-,65+/m0/s1. The largest absolute Gasteiger partial charge is 0.463 e. The minimum atomic E-state index is -1.97. The van der Waals surface area contributed by atoms with Crippen LogP contribution in [0.15, 0.2) is 11.6 Å². The first kappa shape index (κ1) is 71.4. The van der Waals surface area contributed by atoms with E-state index in [1.54, 1.807) is 0 Å². The second kappa shape index (κ2) is 28.8. The van der Waals surface area contributed by atoms with Gasteiger partial charge < -0.3 is 85.3 Å². The fourth-order valence-electron chi connectivity index (χ4n) is 17.0. The molecule has 1 spiro atoms. The summed E-state index contributed by atoms with van der Waals surface area (Å²) in [5, 5.41) is 0. The highest BCUT2D eigenvalue weighted by Gasteiger charge is 2.70. The third-order valence-corrected chi connectivity index (χ3v) is 20.5. The van der Waals surface area contributed by atoms with Crippen LogP contribution < -0.4 is 0 Å². The summed E-state index contributed by atoms with van der Waals surface area (Å²) in [7, 11) is 0. The van der Waals surface area contributed by atoms with Gasteiger partial charge in [0.15, 0.2) is 73.5 Å². The summed E-state index contributed by atoms with van der Waals surface area (Å²) in [5.74, 6) is -8.13. The molecule has 9 aliphatic rings. The summed E-state index contributed by atoms with van der Waals surface area (Å²) in [5.41, 5.74) is 0.0532. The summed E-state index contributed by atoms with van der Waals surface area (Å²) in [4.78, 5) is 130. The fourth-order valence-corrected chi connectivity index (χ4v) is 17.0. The van der Waals surface area contributed by atoms with Gasteiger partial charge in [0.25, 0.3) is 0 Å². The van der Waals surface area contributed by atoms with Crippen molar-refractivity contribution >= 4 is 59.7 Å². The molecule has 0 aromatic rings. The summed E-state index contributed by atoms with van der Waals surface area (Å²) in [6.07, 6.45) is -19.6. The second-order valence-electron chi connectivity index (χ2n) is 27.1. The van der Waals surface area contributed by atoms with Crippen LogP contribution in [0.5, 0.6) is 0 Å². The van der Waals surface area contributed by atoms with E-state index in [4.69, 9.17) is 85.3 Å². The summed E-state index contributed by atoms with van der Waals surface area (Å²) < 4.78 is 112. The molecule has 8 fully saturated rings. The Morgan fingerprint density at radius 3 is 1.48 bits per heavy atom. The van der Waals surface area contributed by atoms with Crippen LogP contribution in [0.4, 0.5) is 0 Å². The molecule has 520 valence electrons. The molecule has 93 heavy (non-hydrogen) atoms. The van der Waals surface area contributed by atoms with Crippen LogP contribution in [0, 0.1) is 46.3 Å². The molecule has 0 amide bonds. The van der Waals surface area contributed by atoms with Crippen LogP contribution in [0.1, 0.15) is 155 Å². The fraction of sp³-hybridized carbons (Fsp3) is 0.815. The lowest BCUT2D eigenvalue weighted by Gasteiger charge is -2.61. The molecule has 4 aliphatic carbocycles. The van der Waals surface area contributed by atoms with Crippen molar-refractivity contribution in [2.24, 2.45) is 46.3 Å². The molecular formula is C65H92O28. The molecule has 0 bridgehead atoms. The van der Waals surface area contributed by atoms with E-state index in [1.165, 1.54) is 13.8 Å². The van der Waals surface area contributed by atoms with E-state index in [0.717, 1.165) is 106 Å². The smallest absolute Gasteiger partial charge is 0.303 e. The maximum atomic E-state index is 13.6. The Labute approximate surface area is 540 Å². The zero-order valence-electron chi connectivity index (χ0n) is 55.6. The van der Waals surface area contributed by atoms with Crippen LogP contribution in [0.25, 0.3) is 0 Å². The van der Waals surface area contributed by atoms with Gasteiger partial charge in [0, 0.05) is 99.8 Å². The van der Waals surface area contributed by atoms with Crippen LogP contribution in [-0.4, -0.2) is 196 Å².